The Kier molecular flexibility index (Phi) is 7.89. The van der Waals surface area contributed by atoms with E-state index in [9.17, 15) is 4.79 Å². The molecule has 0 saturated heterocycles. The topological polar surface area (TPSA) is 77.0 Å². The Hall–Kier alpha value is -1.89. The lowest BCUT2D eigenvalue weighted by Crippen LogP contribution is -2.35. The van der Waals surface area contributed by atoms with E-state index in [0.29, 0.717) is 37.4 Å². The molecule has 1 heterocycles. The first-order valence-electron chi connectivity index (χ1n) is 10.2. The Labute approximate surface area is 166 Å². The molecule has 1 amide bonds. The molecule has 2 N–H and O–H groups in total. The summed E-state index contributed by atoms with van der Waals surface area (Å²) >= 11 is 0. The van der Waals surface area contributed by atoms with E-state index in [0.717, 1.165) is 17.5 Å². The number of ether oxygens (including phenoxy) is 3. The smallest absolute Gasteiger partial charge is 0.286 e. The van der Waals surface area contributed by atoms with Crippen LogP contribution < -0.4 is 5.32 Å². The lowest BCUT2D eigenvalue weighted by atomic mass is 9.86. The van der Waals surface area contributed by atoms with Crippen LogP contribution in [-0.4, -0.2) is 37.6 Å². The van der Waals surface area contributed by atoms with Crippen LogP contribution in [0.3, 0.4) is 0 Å². The van der Waals surface area contributed by atoms with Crippen LogP contribution in [0.25, 0.3) is 0 Å². The molecule has 2 atom stereocenters. The summed E-state index contributed by atoms with van der Waals surface area (Å²) in [5, 5.41) is 12.0. The van der Waals surface area contributed by atoms with E-state index in [1.165, 1.54) is 25.7 Å². The monoisotopic (exact) mass is 389 g/mol. The minimum absolute atomic E-state index is 0.0300. The van der Waals surface area contributed by atoms with Gasteiger partial charge in [0.15, 0.2) is 5.76 Å². The van der Waals surface area contributed by atoms with Gasteiger partial charge in [-0.2, -0.15) is 0 Å². The van der Waals surface area contributed by atoms with Gasteiger partial charge in [-0.15, -0.1) is 0 Å². The number of benzene rings is 1. The maximum atomic E-state index is 12.5. The Morgan fingerprint density at radius 3 is 2.61 bits per heavy atom. The van der Waals surface area contributed by atoms with Crippen LogP contribution in [0.2, 0.25) is 0 Å². The van der Waals surface area contributed by atoms with Gasteiger partial charge in [-0.3, -0.25) is 4.79 Å². The minimum atomic E-state index is -0.434. The molecule has 1 fully saturated rings. The van der Waals surface area contributed by atoms with Crippen molar-refractivity contribution in [2.75, 3.05) is 20.3 Å². The summed E-state index contributed by atoms with van der Waals surface area (Å²) in [7, 11) is 1.61. The number of carbonyl (C=O) groups excluding carboxylic acids is 1. The lowest BCUT2D eigenvalue weighted by Gasteiger charge is -2.32. The highest BCUT2D eigenvalue weighted by Gasteiger charge is 2.33. The highest BCUT2D eigenvalue weighted by Crippen LogP contribution is 2.38. The number of rotatable bonds is 9. The first-order chi connectivity index (χ1) is 13.7. The van der Waals surface area contributed by atoms with Gasteiger partial charge in [0.1, 0.15) is 0 Å². The summed E-state index contributed by atoms with van der Waals surface area (Å²) in [6.07, 6.45) is 7.25. The first-order valence-corrected chi connectivity index (χ1v) is 10.2. The summed E-state index contributed by atoms with van der Waals surface area (Å²) in [6, 6.07) is 7.65. The molecule has 0 bridgehead atoms. The summed E-state index contributed by atoms with van der Waals surface area (Å²) in [6.45, 7) is 1.36. The van der Waals surface area contributed by atoms with E-state index in [4.69, 9.17) is 19.3 Å². The molecular weight excluding hydrogens is 358 g/mol. The van der Waals surface area contributed by atoms with Crippen molar-refractivity contribution in [1.29, 1.82) is 0 Å². The molecule has 0 spiro atoms. The molecule has 1 aliphatic heterocycles. The molecule has 1 aromatic carbocycles. The maximum absolute atomic E-state index is 12.5. The largest absolute Gasteiger partial charge is 0.459 e. The molecule has 0 radical (unpaired) electrons. The van der Waals surface area contributed by atoms with Crippen molar-refractivity contribution in [3.8, 4) is 0 Å². The fraction of sp³-hybridized carbons (Fsp3) is 0.591. The number of aliphatic hydroxyl groups is 1. The third-order valence-corrected chi connectivity index (χ3v) is 5.55. The summed E-state index contributed by atoms with van der Waals surface area (Å²) < 4.78 is 16.9. The minimum Gasteiger partial charge on any atom is -0.459 e. The first kappa shape index (κ1) is 20.8. The molecule has 6 nitrogen and oxygen atoms in total. The van der Waals surface area contributed by atoms with Crippen LogP contribution in [0.5, 0.6) is 0 Å². The van der Waals surface area contributed by atoms with Crippen molar-refractivity contribution in [2.45, 2.75) is 51.6 Å². The van der Waals surface area contributed by atoms with Gasteiger partial charge in [-0.1, -0.05) is 37.1 Å². The molecule has 6 heteroatoms. The number of aliphatic hydroxyl groups excluding tert-OH is 1. The van der Waals surface area contributed by atoms with Crippen LogP contribution in [0.4, 0.5) is 0 Å². The number of methoxy groups -OCH3 is 1. The highest BCUT2D eigenvalue weighted by molar-refractivity contribution is 5.91. The number of carbonyl (C=O) groups is 1. The molecular formula is C22H31NO5. The SMILES string of the molecule is COCCNC(=O)C1=C[C@@H](C2CCCC2)C[C@@H](OCc2ccc(CO)cc2)O1. The standard InChI is InChI=1S/C22H31NO5/c1-26-11-10-23-22(25)20-12-19(18-4-2-3-5-18)13-21(28-20)27-15-17-8-6-16(14-24)7-9-17/h6-9,12,18-19,21,24H,2-5,10-11,13-15H2,1H3,(H,23,25)/t19-,21+/m1/s1. The predicted molar refractivity (Wildman–Crippen MR) is 105 cm³/mol. The lowest BCUT2D eigenvalue weighted by molar-refractivity contribution is -0.155. The molecule has 2 aliphatic rings. The number of nitrogens with one attached hydrogen (secondary N) is 1. The maximum Gasteiger partial charge on any atom is 0.286 e. The third kappa shape index (κ3) is 5.80. The van der Waals surface area contributed by atoms with Gasteiger partial charge in [-0.05, 0) is 41.9 Å². The average Bonchev–Trinajstić information content (AvgIpc) is 3.27. The quantitative estimate of drug-likeness (QED) is 0.635. The van der Waals surface area contributed by atoms with E-state index < -0.39 is 6.29 Å². The van der Waals surface area contributed by atoms with Crippen LogP contribution in [0.15, 0.2) is 36.1 Å². The normalized spacial score (nSPS) is 22.6. The number of amides is 1. The van der Waals surface area contributed by atoms with E-state index in [1.807, 2.05) is 30.3 Å². The Morgan fingerprint density at radius 2 is 1.93 bits per heavy atom. The van der Waals surface area contributed by atoms with Crippen LogP contribution >= 0.6 is 0 Å². The van der Waals surface area contributed by atoms with Gasteiger partial charge in [0.25, 0.3) is 5.91 Å². The van der Waals surface area contributed by atoms with E-state index >= 15 is 0 Å². The molecule has 3 rings (SSSR count). The Morgan fingerprint density at radius 1 is 1.21 bits per heavy atom. The van der Waals surface area contributed by atoms with Crippen LogP contribution in [0, 0.1) is 11.8 Å². The second kappa shape index (κ2) is 10.6. The molecule has 1 aliphatic carbocycles. The van der Waals surface area contributed by atoms with E-state index in [-0.39, 0.29) is 12.5 Å². The second-order valence-corrected chi connectivity index (χ2v) is 7.56. The van der Waals surface area contributed by atoms with Crippen LogP contribution in [0.1, 0.15) is 43.2 Å². The summed E-state index contributed by atoms with van der Waals surface area (Å²) in [5.41, 5.74) is 1.88. The van der Waals surface area contributed by atoms with E-state index in [2.05, 4.69) is 5.32 Å². The van der Waals surface area contributed by atoms with Crippen molar-refractivity contribution < 1.29 is 24.1 Å². The zero-order valence-electron chi connectivity index (χ0n) is 16.6. The Bertz CT molecular complexity index is 651. The predicted octanol–water partition coefficient (Wildman–Crippen LogP) is 2.89. The highest BCUT2D eigenvalue weighted by atomic mass is 16.7. The fourth-order valence-electron chi connectivity index (χ4n) is 3.94. The molecule has 28 heavy (non-hydrogen) atoms. The van der Waals surface area contributed by atoms with Crippen molar-refractivity contribution in [2.24, 2.45) is 11.8 Å². The van der Waals surface area contributed by atoms with Crippen molar-refractivity contribution in [3.05, 3.63) is 47.2 Å². The van der Waals surface area contributed by atoms with Crippen LogP contribution in [-0.2, 0) is 32.2 Å². The van der Waals surface area contributed by atoms with Gasteiger partial charge in [0, 0.05) is 20.1 Å². The van der Waals surface area contributed by atoms with Crippen molar-refractivity contribution >= 4 is 5.91 Å². The average molecular weight is 389 g/mol. The van der Waals surface area contributed by atoms with Gasteiger partial charge in [0.2, 0.25) is 6.29 Å². The summed E-state index contributed by atoms with van der Waals surface area (Å²) in [5.74, 6) is 1.06. The van der Waals surface area contributed by atoms with Gasteiger partial charge in [0.05, 0.1) is 19.8 Å². The molecule has 0 aromatic heterocycles. The van der Waals surface area contributed by atoms with E-state index in [1.54, 1.807) is 7.11 Å². The van der Waals surface area contributed by atoms with Gasteiger partial charge >= 0.3 is 0 Å². The number of hydrogen-bond acceptors (Lipinski definition) is 5. The van der Waals surface area contributed by atoms with Gasteiger partial charge < -0.3 is 24.6 Å². The van der Waals surface area contributed by atoms with Gasteiger partial charge in [-0.25, -0.2) is 0 Å². The number of allylic oxidation sites excluding steroid dienone is 1. The number of hydrogen-bond donors (Lipinski definition) is 2. The zero-order valence-corrected chi connectivity index (χ0v) is 16.6. The second-order valence-electron chi connectivity index (χ2n) is 7.56. The Balaban J connectivity index is 1.61. The van der Waals surface area contributed by atoms with Crippen molar-refractivity contribution in [1.82, 2.24) is 5.32 Å². The molecule has 1 saturated carbocycles. The molecule has 1 aromatic rings. The summed E-state index contributed by atoms with van der Waals surface area (Å²) in [4.78, 5) is 12.5. The third-order valence-electron chi connectivity index (χ3n) is 5.55. The zero-order chi connectivity index (χ0) is 19.8. The van der Waals surface area contributed by atoms with Crippen molar-refractivity contribution in [3.63, 3.8) is 0 Å². The fourth-order valence-corrected chi connectivity index (χ4v) is 3.94. The molecule has 154 valence electrons. The molecule has 0 unspecified atom stereocenters.